The normalized spacial score (nSPS) is 26.5. The van der Waals surface area contributed by atoms with Crippen LogP contribution in [-0.4, -0.2) is 43.2 Å². The highest BCUT2D eigenvalue weighted by Crippen LogP contribution is 2.63. The molecular weight excluding hydrogens is 600 g/mol. The van der Waals surface area contributed by atoms with Gasteiger partial charge in [0.25, 0.3) is 10.0 Å². The molecule has 0 radical (unpaired) electrons. The largest absolute Gasteiger partial charge is 0.477 e. The number of aryl methyl sites for hydroxylation is 2. The van der Waals surface area contributed by atoms with E-state index in [-0.39, 0.29) is 46.3 Å². The molecule has 2 N–H and O–H groups in total. The summed E-state index contributed by atoms with van der Waals surface area (Å²) in [4.78, 5) is 21.5. The number of fused-ring (bicyclic) bond motifs is 4. The number of nitrogens with zero attached hydrogens (tertiary/aromatic N) is 2. The van der Waals surface area contributed by atoms with Crippen molar-refractivity contribution in [2.45, 2.75) is 96.6 Å². The minimum atomic E-state index is -3.97. The maximum Gasteiger partial charge on any atom is 0.407 e. The lowest BCUT2D eigenvalue weighted by Crippen LogP contribution is -2.57. The molecule has 6 rings (SSSR count). The summed E-state index contributed by atoms with van der Waals surface area (Å²) in [5, 5.41) is 3.02. The number of alkyl carbamates (subject to hydrolysis) is 1. The molecule has 1 aliphatic heterocycles. The highest BCUT2D eigenvalue weighted by Gasteiger charge is 2.56. The van der Waals surface area contributed by atoms with Crippen LogP contribution in [0.15, 0.2) is 53.4 Å². The Kier molecular flexibility index (Phi) is 8.78. The first kappa shape index (κ1) is 32.3. The van der Waals surface area contributed by atoms with Gasteiger partial charge in [-0.3, -0.25) is 0 Å². The molecule has 2 fully saturated rings. The van der Waals surface area contributed by atoms with E-state index in [1.54, 1.807) is 6.07 Å². The average Bonchev–Trinajstić information content (AvgIpc) is 2.92. The SMILES string of the molecule is Cc1cccc(C)c1-c1cc2nc(n1)NS(=O)(=O)c1cccc(c1)C([C@H]1CC3(C[C@H](NC(=O)OC(C)C)C3)C1)[C@H](CC(C)C)CO2. The van der Waals surface area contributed by atoms with E-state index in [2.05, 4.69) is 39.9 Å². The Morgan fingerprint density at radius 3 is 2.39 bits per heavy atom. The molecule has 1 amide bonds. The van der Waals surface area contributed by atoms with Gasteiger partial charge in [0.2, 0.25) is 11.8 Å². The third-order valence-electron chi connectivity index (χ3n) is 9.87. The Morgan fingerprint density at radius 1 is 1.02 bits per heavy atom. The van der Waals surface area contributed by atoms with Crippen LogP contribution in [0, 0.1) is 37.0 Å². The quantitative estimate of drug-likeness (QED) is 0.287. The number of sulfonamides is 1. The molecule has 4 bridgehead atoms. The summed E-state index contributed by atoms with van der Waals surface area (Å²) >= 11 is 0. The zero-order valence-corrected chi connectivity index (χ0v) is 28.5. The number of benzene rings is 2. The van der Waals surface area contributed by atoms with Crippen molar-refractivity contribution in [3.63, 3.8) is 0 Å². The molecule has 2 heterocycles. The van der Waals surface area contributed by atoms with Crippen molar-refractivity contribution >= 4 is 22.1 Å². The molecule has 2 saturated carbocycles. The number of nitrogens with one attached hydrogen (secondary N) is 2. The Morgan fingerprint density at radius 2 is 1.72 bits per heavy atom. The van der Waals surface area contributed by atoms with Gasteiger partial charge >= 0.3 is 6.09 Å². The van der Waals surface area contributed by atoms with E-state index in [0.717, 1.165) is 54.4 Å². The van der Waals surface area contributed by atoms with Gasteiger partial charge < -0.3 is 14.8 Å². The van der Waals surface area contributed by atoms with E-state index in [9.17, 15) is 13.2 Å². The van der Waals surface area contributed by atoms with E-state index in [4.69, 9.17) is 9.47 Å². The molecule has 2 aliphatic carbocycles. The van der Waals surface area contributed by atoms with Crippen molar-refractivity contribution in [1.82, 2.24) is 15.3 Å². The number of aromatic nitrogens is 2. The van der Waals surface area contributed by atoms with Crippen molar-refractivity contribution in [3.8, 4) is 17.1 Å². The topological polar surface area (TPSA) is 120 Å². The van der Waals surface area contributed by atoms with Gasteiger partial charge in [-0.05, 0) is 112 Å². The summed E-state index contributed by atoms with van der Waals surface area (Å²) in [7, 11) is -3.97. The fraction of sp³-hybridized carbons (Fsp3) is 0.528. The number of hydrogen-bond donors (Lipinski definition) is 2. The molecule has 2 aromatic carbocycles. The first-order valence-corrected chi connectivity index (χ1v) is 18.0. The van der Waals surface area contributed by atoms with Gasteiger partial charge in [-0.15, -0.1) is 0 Å². The lowest BCUT2D eigenvalue weighted by molar-refractivity contribution is -0.0685. The third kappa shape index (κ3) is 6.73. The van der Waals surface area contributed by atoms with Crippen molar-refractivity contribution in [1.29, 1.82) is 0 Å². The molecule has 46 heavy (non-hydrogen) atoms. The maximum absolute atomic E-state index is 13.8. The summed E-state index contributed by atoms with van der Waals surface area (Å²) in [6.07, 6.45) is 4.39. The van der Waals surface area contributed by atoms with Crippen molar-refractivity contribution in [2.75, 3.05) is 11.3 Å². The fourth-order valence-corrected chi connectivity index (χ4v) is 9.15. The predicted molar refractivity (Wildman–Crippen MR) is 178 cm³/mol. The average molecular weight is 647 g/mol. The van der Waals surface area contributed by atoms with Crippen molar-refractivity contribution in [2.24, 2.45) is 23.2 Å². The van der Waals surface area contributed by atoms with Crippen LogP contribution in [0.5, 0.6) is 5.88 Å². The molecule has 1 aromatic heterocycles. The number of amides is 1. The lowest BCUT2D eigenvalue weighted by atomic mass is 9.46. The van der Waals surface area contributed by atoms with Gasteiger partial charge in [0.1, 0.15) is 0 Å². The van der Waals surface area contributed by atoms with Crippen molar-refractivity contribution < 1.29 is 22.7 Å². The molecule has 0 saturated heterocycles. The second-order valence-electron chi connectivity index (χ2n) is 14.5. The molecular formula is C36H46N4O5S. The number of hydrogen-bond acceptors (Lipinski definition) is 7. The monoisotopic (exact) mass is 646 g/mol. The smallest absolute Gasteiger partial charge is 0.407 e. The first-order chi connectivity index (χ1) is 21.8. The molecule has 246 valence electrons. The minimum Gasteiger partial charge on any atom is -0.477 e. The van der Waals surface area contributed by atoms with E-state index >= 15 is 0 Å². The summed E-state index contributed by atoms with van der Waals surface area (Å²) in [5.74, 6) is 1.39. The lowest BCUT2D eigenvalue weighted by Gasteiger charge is -2.60. The third-order valence-corrected chi connectivity index (χ3v) is 11.2. The summed E-state index contributed by atoms with van der Waals surface area (Å²) in [6.45, 7) is 12.6. The minimum absolute atomic E-state index is 0.00977. The second kappa shape index (κ2) is 12.5. The maximum atomic E-state index is 13.8. The molecule has 2 atom stereocenters. The zero-order chi connectivity index (χ0) is 32.8. The molecule has 1 unspecified atom stereocenters. The number of ether oxygens (including phenoxy) is 2. The standard InChI is InChI=1S/C36H46N4O5S/c1-21(2)13-26-20-44-31-15-30(32-23(5)9-7-10-24(32)6)38-34(39-31)40-46(42,43)29-12-8-11-25(14-29)33(26)27-16-36(17-27)18-28(19-36)37-35(41)45-22(3)4/h7-12,14-15,21-22,26-28,33H,13,16-20H2,1-6H3,(H,37,41)(H,38,39,40)/t26-,27-,28-,33?,36?/m1/s1. The summed E-state index contributed by atoms with van der Waals surface area (Å²) < 4.78 is 41.9. The van der Waals surface area contributed by atoms with E-state index in [0.29, 0.717) is 30.0 Å². The zero-order valence-electron chi connectivity index (χ0n) is 27.7. The predicted octanol–water partition coefficient (Wildman–Crippen LogP) is 7.39. The van der Waals surface area contributed by atoms with E-state index < -0.39 is 10.0 Å². The van der Waals surface area contributed by atoms with Gasteiger partial charge in [0.05, 0.1) is 23.3 Å². The van der Waals surface area contributed by atoms with Crippen LogP contribution in [0.3, 0.4) is 0 Å². The highest BCUT2D eigenvalue weighted by atomic mass is 32.2. The summed E-state index contributed by atoms with van der Waals surface area (Å²) in [6, 6.07) is 15.4. The molecule has 3 aromatic rings. The second-order valence-corrected chi connectivity index (χ2v) is 16.1. The van der Waals surface area contributed by atoms with Crippen LogP contribution in [0.1, 0.15) is 82.4 Å². The Bertz CT molecular complexity index is 1690. The van der Waals surface area contributed by atoms with E-state index in [1.165, 1.54) is 0 Å². The van der Waals surface area contributed by atoms with Crippen LogP contribution >= 0.6 is 0 Å². The van der Waals surface area contributed by atoms with Crippen LogP contribution in [0.2, 0.25) is 0 Å². The number of anilines is 1. The number of carbonyl (C=O) groups is 1. The number of carbonyl (C=O) groups excluding carboxylic acids is 1. The van der Waals surface area contributed by atoms with Crippen LogP contribution in [-0.2, 0) is 14.8 Å². The Labute approximate surface area is 273 Å². The van der Waals surface area contributed by atoms with Crippen LogP contribution in [0.4, 0.5) is 10.7 Å². The molecule has 9 nitrogen and oxygen atoms in total. The highest BCUT2D eigenvalue weighted by molar-refractivity contribution is 7.92. The van der Waals surface area contributed by atoms with Gasteiger partial charge in [-0.1, -0.05) is 44.2 Å². The van der Waals surface area contributed by atoms with Gasteiger partial charge in [0, 0.05) is 23.6 Å². The van der Waals surface area contributed by atoms with Crippen molar-refractivity contribution in [3.05, 3.63) is 65.2 Å². The Hall–Kier alpha value is -3.66. The van der Waals surface area contributed by atoms with Gasteiger partial charge in [0.15, 0.2) is 0 Å². The molecule has 3 aliphatic rings. The fourth-order valence-electron chi connectivity index (χ4n) is 8.15. The van der Waals surface area contributed by atoms with Gasteiger partial charge in [-0.2, -0.15) is 4.98 Å². The molecule has 10 heteroatoms. The first-order valence-electron chi connectivity index (χ1n) is 16.5. The van der Waals surface area contributed by atoms with E-state index in [1.807, 2.05) is 64.1 Å². The summed E-state index contributed by atoms with van der Waals surface area (Å²) in [5.41, 5.74) is 4.86. The van der Waals surface area contributed by atoms with Crippen LogP contribution < -0.4 is 14.8 Å². The molecule has 1 spiro atoms. The van der Waals surface area contributed by atoms with Gasteiger partial charge in [-0.25, -0.2) is 22.9 Å². The van der Waals surface area contributed by atoms with Crippen LogP contribution in [0.25, 0.3) is 11.3 Å². The number of rotatable bonds is 6. The Balaban J connectivity index is 1.32.